The molecule has 15 nitrogen and oxygen atoms in total. The van der Waals surface area contributed by atoms with Crippen molar-refractivity contribution in [3.63, 3.8) is 0 Å². The van der Waals surface area contributed by atoms with Crippen LogP contribution in [0.4, 0.5) is 26.0 Å². The number of carbonyl (C=O) groups excluding carboxylic acids is 2. The van der Waals surface area contributed by atoms with Gasteiger partial charge in [-0.3, -0.25) is 50.6 Å². The minimum atomic E-state index is -0.896. The summed E-state index contributed by atoms with van der Waals surface area (Å²) in [5, 5.41) is 36.2. The topological polar surface area (TPSA) is 213 Å². The van der Waals surface area contributed by atoms with Crippen LogP contribution in [0.3, 0.4) is 0 Å². The molecule has 1 aromatic carbocycles. The van der Waals surface area contributed by atoms with Crippen LogP contribution >= 0.6 is 22.7 Å². The number of benzene rings is 1. The minimum Gasteiger partial charge on any atom is -0.298 e. The van der Waals surface area contributed by atoms with Crippen LogP contribution in [0.1, 0.15) is 20.7 Å². The fourth-order valence-corrected chi connectivity index (χ4v) is 3.39. The molecule has 3 aromatic rings. The molecule has 2 amide bonds. The highest BCUT2D eigenvalue weighted by atomic mass is 32.1. The van der Waals surface area contributed by atoms with Crippen LogP contribution in [-0.4, -0.2) is 36.6 Å². The van der Waals surface area contributed by atoms with Crippen LogP contribution in [0.15, 0.2) is 30.6 Å². The first-order chi connectivity index (χ1) is 14.6. The molecule has 0 aliphatic carbocycles. The Labute approximate surface area is 177 Å². The minimum absolute atomic E-state index is 0.121. The normalized spacial score (nSPS) is 10.3. The number of carbonyl (C=O) groups is 2. The number of hydrogen-bond donors (Lipinski definition) is 2. The number of non-ortho nitro benzene ring substituents is 1. The third-order valence-electron chi connectivity index (χ3n) is 3.44. The number of anilines is 2. The Morgan fingerprint density at radius 3 is 1.48 bits per heavy atom. The molecule has 2 aromatic heterocycles. The summed E-state index contributed by atoms with van der Waals surface area (Å²) in [7, 11) is 0. The average molecular weight is 465 g/mol. The highest BCUT2D eigenvalue weighted by Gasteiger charge is 2.21. The zero-order chi connectivity index (χ0) is 22.7. The fraction of sp³-hybridized carbons (Fsp3) is 0. The van der Waals surface area contributed by atoms with Gasteiger partial charge in [-0.05, 0) is 28.7 Å². The predicted octanol–water partition coefficient (Wildman–Crippen LogP) is 2.83. The number of rotatable bonds is 7. The van der Waals surface area contributed by atoms with Crippen molar-refractivity contribution < 1.29 is 24.4 Å². The van der Waals surface area contributed by atoms with Crippen molar-refractivity contribution in [1.82, 2.24) is 9.97 Å². The maximum atomic E-state index is 12.4. The quantitative estimate of drug-likeness (QED) is 0.384. The highest BCUT2D eigenvalue weighted by Crippen LogP contribution is 2.27. The Kier molecular flexibility index (Phi) is 5.88. The largest absolute Gasteiger partial charge is 0.345 e. The van der Waals surface area contributed by atoms with E-state index >= 15 is 0 Å². The fourth-order valence-electron chi connectivity index (χ4n) is 2.13. The molecule has 0 atom stereocenters. The molecule has 0 bridgehead atoms. The van der Waals surface area contributed by atoms with Crippen molar-refractivity contribution in [2.75, 3.05) is 10.6 Å². The third-order valence-corrected chi connectivity index (χ3v) is 5.17. The summed E-state index contributed by atoms with van der Waals surface area (Å²) in [4.78, 5) is 62.5. The van der Waals surface area contributed by atoms with E-state index < -0.39 is 32.3 Å². The standard InChI is InChI=1S/C14H7N7O8S2/c22-11(17-13-15-4-9(30-13)20(26)27)6-1-7(3-8(2-6)19(24)25)12(23)18-14-16-5-10(31-14)21(28)29/h1-5H,(H,15,17,22)(H,16,18,23). The summed E-state index contributed by atoms with van der Waals surface area (Å²) in [6.45, 7) is 0. The second-order valence-corrected chi connectivity index (χ2v) is 7.47. The first kappa shape index (κ1) is 21.3. The van der Waals surface area contributed by atoms with E-state index in [1.807, 2.05) is 0 Å². The summed E-state index contributed by atoms with van der Waals surface area (Å²) in [6, 6.07) is 2.85. The van der Waals surface area contributed by atoms with E-state index in [1.165, 1.54) is 0 Å². The lowest BCUT2D eigenvalue weighted by atomic mass is 10.1. The number of hydrogen-bond acceptors (Lipinski definition) is 12. The maximum Gasteiger partial charge on any atom is 0.345 e. The van der Waals surface area contributed by atoms with E-state index in [0.717, 1.165) is 30.6 Å². The van der Waals surface area contributed by atoms with Gasteiger partial charge in [0.25, 0.3) is 17.5 Å². The summed E-state index contributed by atoms with van der Waals surface area (Å²) in [5.74, 6) is -1.79. The van der Waals surface area contributed by atoms with Crippen molar-refractivity contribution in [3.05, 3.63) is 72.1 Å². The third kappa shape index (κ3) is 4.97. The van der Waals surface area contributed by atoms with Gasteiger partial charge in [0.1, 0.15) is 12.4 Å². The van der Waals surface area contributed by atoms with Gasteiger partial charge in [0.05, 0.1) is 14.8 Å². The van der Waals surface area contributed by atoms with E-state index in [2.05, 4.69) is 20.6 Å². The van der Waals surface area contributed by atoms with E-state index in [1.54, 1.807) is 0 Å². The Morgan fingerprint density at radius 1 is 0.742 bits per heavy atom. The van der Waals surface area contributed by atoms with Gasteiger partial charge < -0.3 is 0 Å². The Hall–Kier alpha value is -4.38. The first-order valence-electron chi connectivity index (χ1n) is 7.76. The van der Waals surface area contributed by atoms with Gasteiger partial charge in [-0.2, -0.15) is 0 Å². The molecule has 2 N–H and O–H groups in total. The van der Waals surface area contributed by atoms with Crippen LogP contribution in [0.25, 0.3) is 0 Å². The number of nitro benzene ring substituents is 1. The van der Waals surface area contributed by atoms with Crippen LogP contribution in [0.2, 0.25) is 0 Å². The lowest BCUT2D eigenvalue weighted by molar-refractivity contribution is -0.384. The monoisotopic (exact) mass is 465 g/mol. The second-order valence-electron chi connectivity index (χ2n) is 5.46. The molecule has 2 heterocycles. The van der Waals surface area contributed by atoms with Crippen molar-refractivity contribution >= 4 is 60.4 Å². The summed E-state index contributed by atoms with van der Waals surface area (Å²) >= 11 is 1.15. The molecule has 17 heteroatoms. The first-order valence-corrected chi connectivity index (χ1v) is 9.40. The Bertz CT molecular complexity index is 1150. The van der Waals surface area contributed by atoms with E-state index in [0.29, 0.717) is 22.7 Å². The molecule has 0 fully saturated rings. The molecule has 0 spiro atoms. The van der Waals surface area contributed by atoms with Gasteiger partial charge in [0.2, 0.25) is 0 Å². The number of nitrogens with one attached hydrogen (secondary N) is 2. The van der Waals surface area contributed by atoms with Gasteiger partial charge in [-0.15, -0.1) is 0 Å². The zero-order valence-corrected chi connectivity index (χ0v) is 16.3. The maximum absolute atomic E-state index is 12.4. The second kappa shape index (κ2) is 8.55. The summed E-state index contributed by atoms with van der Waals surface area (Å²) in [5.41, 5.74) is -1.15. The predicted molar refractivity (Wildman–Crippen MR) is 107 cm³/mol. The lowest BCUT2D eigenvalue weighted by Gasteiger charge is -2.06. The Morgan fingerprint density at radius 2 is 1.16 bits per heavy atom. The molecule has 0 aliphatic rings. The number of aromatic nitrogens is 2. The molecule has 0 unspecified atom stereocenters. The molecule has 0 saturated heterocycles. The number of nitro groups is 3. The molecule has 3 rings (SSSR count). The number of thiazole rings is 2. The van der Waals surface area contributed by atoms with Gasteiger partial charge in [0, 0.05) is 23.3 Å². The molecule has 0 saturated carbocycles. The van der Waals surface area contributed by atoms with Crippen molar-refractivity contribution in [2.45, 2.75) is 0 Å². The smallest absolute Gasteiger partial charge is 0.298 e. The van der Waals surface area contributed by atoms with Crippen molar-refractivity contribution in [2.24, 2.45) is 0 Å². The van der Waals surface area contributed by atoms with Crippen LogP contribution in [-0.2, 0) is 0 Å². The van der Waals surface area contributed by atoms with Gasteiger partial charge in [0.15, 0.2) is 10.3 Å². The number of nitrogens with zero attached hydrogens (tertiary/aromatic N) is 5. The molecule has 158 valence electrons. The SMILES string of the molecule is O=C(Nc1ncc([N+](=O)[O-])s1)c1cc(C(=O)Nc2ncc([N+](=O)[O-])s2)cc([N+](=O)[O-])c1. The van der Waals surface area contributed by atoms with Gasteiger partial charge >= 0.3 is 10.0 Å². The molecule has 0 aliphatic heterocycles. The Balaban J connectivity index is 1.86. The van der Waals surface area contributed by atoms with Crippen molar-refractivity contribution in [1.29, 1.82) is 0 Å². The average Bonchev–Trinajstić information content (AvgIpc) is 3.37. The lowest BCUT2D eigenvalue weighted by Crippen LogP contribution is -2.16. The molecular weight excluding hydrogens is 458 g/mol. The van der Waals surface area contributed by atoms with Crippen LogP contribution in [0.5, 0.6) is 0 Å². The zero-order valence-electron chi connectivity index (χ0n) is 14.7. The van der Waals surface area contributed by atoms with E-state index in [9.17, 15) is 39.9 Å². The van der Waals surface area contributed by atoms with E-state index in [4.69, 9.17) is 0 Å². The summed E-state index contributed by atoms with van der Waals surface area (Å²) < 4.78 is 0. The molecule has 0 radical (unpaired) electrons. The number of amides is 2. The van der Waals surface area contributed by atoms with Gasteiger partial charge in [-0.25, -0.2) is 9.97 Å². The summed E-state index contributed by atoms with van der Waals surface area (Å²) in [6.07, 6.45) is 1.86. The van der Waals surface area contributed by atoms with Crippen molar-refractivity contribution in [3.8, 4) is 0 Å². The highest BCUT2D eigenvalue weighted by molar-refractivity contribution is 7.19. The van der Waals surface area contributed by atoms with Crippen LogP contribution < -0.4 is 10.6 Å². The molecule has 31 heavy (non-hydrogen) atoms. The van der Waals surface area contributed by atoms with Crippen LogP contribution in [0, 0.1) is 30.3 Å². The molecular formula is C14H7N7O8S2. The van der Waals surface area contributed by atoms with E-state index in [-0.39, 0.29) is 31.4 Å². The van der Waals surface area contributed by atoms with Gasteiger partial charge in [-0.1, -0.05) is 0 Å².